The number of amides is 1. The molecule has 2 heterocycles. The van der Waals surface area contributed by atoms with Gasteiger partial charge in [0.15, 0.2) is 6.61 Å². The van der Waals surface area contributed by atoms with Crippen LogP contribution in [0, 0.1) is 11.8 Å². The molecule has 2 atom stereocenters. The number of esters is 1. The van der Waals surface area contributed by atoms with Crippen molar-refractivity contribution in [2.45, 2.75) is 20.0 Å². The molecule has 1 aliphatic rings. The predicted molar refractivity (Wildman–Crippen MR) is 142 cm³/mol. The summed E-state index contributed by atoms with van der Waals surface area (Å²) in [5.41, 5.74) is 1.87. The van der Waals surface area contributed by atoms with Gasteiger partial charge in [-0.1, -0.05) is 53.7 Å². The van der Waals surface area contributed by atoms with Gasteiger partial charge in [0.05, 0.1) is 12.5 Å². The number of likely N-dealkylation sites (tertiary alicyclic amines) is 1. The quantitative estimate of drug-likeness (QED) is 0.275. The van der Waals surface area contributed by atoms with Crippen LogP contribution in [0.4, 0.5) is 4.79 Å². The van der Waals surface area contributed by atoms with Crippen molar-refractivity contribution in [1.82, 2.24) is 15.0 Å². The number of hydrogen-bond donors (Lipinski definition) is 0. The lowest BCUT2D eigenvalue weighted by Crippen LogP contribution is -2.32. The van der Waals surface area contributed by atoms with Crippen molar-refractivity contribution in [3.05, 3.63) is 96.3 Å². The maximum Gasteiger partial charge on any atom is 0.415 e. The van der Waals surface area contributed by atoms with Crippen molar-refractivity contribution >= 4 is 12.1 Å². The minimum atomic E-state index is -0.473. The molecule has 39 heavy (non-hydrogen) atoms. The lowest BCUT2D eigenvalue weighted by atomic mass is 9.90. The summed E-state index contributed by atoms with van der Waals surface area (Å²) < 4.78 is 22.0. The van der Waals surface area contributed by atoms with E-state index in [0.29, 0.717) is 36.2 Å². The molecule has 0 bridgehead atoms. The highest BCUT2D eigenvalue weighted by Gasteiger charge is 2.41. The van der Waals surface area contributed by atoms with Crippen LogP contribution in [0.2, 0.25) is 0 Å². The fraction of sp³-hybridized carbons (Fsp3) is 0.267. The molecular weight excluding hydrogens is 498 g/mol. The van der Waals surface area contributed by atoms with Crippen LogP contribution in [0.25, 0.3) is 11.5 Å². The van der Waals surface area contributed by atoms with Crippen molar-refractivity contribution in [1.29, 1.82) is 0 Å². The number of carbonyl (C=O) groups excluding carboxylic acids is 2. The van der Waals surface area contributed by atoms with E-state index in [9.17, 15) is 9.59 Å². The van der Waals surface area contributed by atoms with Gasteiger partial charge in [-0.05, 0) is 61.2 Å². The van der Waals surface area contributed by atoms with Crippen LogP contribution >= 0.6 is 0 Å². The maximum absolute atomic E-state index is 12.8. The van der Waals surface area contributed by atoms with Crippen LogP contribution in [0.5, 0.6) is 11.5 Å². The van der Waals surface area contributed by atoms with E-state index in [1.54, 1.807) is 36.1 Å². The maximum atomic E-state index is 12.8. The van der Waals surface area contributed by atoms with Crippen LogP contribution in [0.3, 0.4) is 0 Å². The van der Waals surface area contributed by atoms with Gasteiger partial charge in [0.2, 0.25) is 5.82 Å². The molecule has 0 saturated carbocycles. The summed E-state index contributed by atoms with van der Waals surface area (Å²) in [5, 5.41) is 3.98. The molecule has 1 aromatic heterocycles. The molecule has 1 saturated heterocycles. The van der Waals surface area contributed by atoms with Crippen LogP contribution in [-0.2, 0) is 22.6 Å². The molecule has 0 radical (unpaired) electrons. The molecule has 200 valence electrons. The molecular formula is C30H29N3O6. The number of benzene rings is 3. The zero-order valence-electron chi connectivity index (χ0n) is 21.6. The second kappa shape index (κ2) is 12.3. The van der Waals surface area contributed by atoms with E-state index in [4.69, 9.17) is 18.7 Å². The Kier molecular flexibility index (Phi) is 8.16. The summed E-state index contributed by atoms with van der Waals surface area (Å²) >= 11 is 0. The van der Waals surface area contributed by atoms with E-state index in [0.717, 1.165) is 11.1 Å². The highest BCUT2D eigenvalue weighted by Crippen LogP contribution is 2.30. The minimum Gasteiger partial charge on any atom is -0.485 e. The Hall–Kier alpha value is -4.66. The van der Waals surface area contributed by atoms with Gasteiger partial charge >= 0.3 is 12.1 Å². The average molecular weight is 528 g/mol. The first kappa shape index (κ1) is 26.0. The minimum absolute atomic E-state index is 0.102. The molecule has 9 heteroatoms. The Labute approximate surface area is 226 Å². The van der Waals surface area contributed by atoms with Gasteiger partial charge in [0.1, 0.15) is 11.5 Å². The molecule has 0 N–H and O–H groups in total. The largest absolute Gasteiger partial charge is 0.485 e. The van der Waals surface area contributed by atoms with Crippen LogP contribution < -0.4 is 9.47 Å². The van der Waals surface area contributed by atoms with E-state index in [2.05, 4.69) is 10.1 Å². The SMILES string of the molecule is CCOC(=O)[C@H]1CN(C(=O)Oc2ccccc2)C[C@H]1Cc1ccc(OCc2noc(-c3ccccc3)n2)cc1. The van der Waals surface area contributed by atoms with E-state index >= 15 is 0 Å². The van der Waals surface area contributed by atoms with Crippen molar-refractivity contribution in [3.8, 4) is 23.0 Å². The molecule has 1 aliphatic heterocycles. The zero-order valence-corrected chi connectivity index (χ0v) is 21.6. The summed E-state index contributed by atoms with van der Waals surface area (Å²) in [6.07, 6.45) is 0.128. The number of para-hydroxylation sites is 1. The summed E-state index contributed by atoms with van der Waals surface area (Å²) in [5.74, 6) is 1.18. The van der Waals surface area contributed by atoms with Crippen molar-refractivity contribution in [2.24, 2.45) is 11.8 Å². The fourth-order valence-electron chi connectivity index (χ4n) is 4.58. The summed E-state index contributed by atoms with van der Waals surface area (Å²) in [6, 6.07) is 26.1. The van der Waals surface area contributed by atoms with Gasteiger partial charge in [0.25, 0.3) is 5.89 Å². The molecule has 1 fully saturated rings. The van der Waals surface area contributed by atoms with Crippen LogP contribution in [0.1, 0.15) is 18.3 Å². The lowest BCUT2D eigenvalue weighted by molar-refractivity contribution is -0.148. The number of aromatic nitrogens is 2. The van der Waals surface area contributed by atoms with Crippen LogP contribution in [0.15, 0.2) is 89.5 Å². The zero-order chi connectivity index (χ0) is 27.0. The summed E-state index contributed by atoms with van der Waals surface area (Å²) in [6.45, 7) is 2.89. The molecule has 3 aromatic carbocycles. The monoisotopic (exact) mass is 527 g/mol. The predicted octanol–water partition coefficient (Wildman–Crippen LogP) is 5.17. The second-order valence-corrected chi connectivity index (χ2v) is 9.22. The average Bonchev–Trinajstić information content (AvgIpc) is 3.62. The van der Waals surface area contributed by atoms with Gasteiger partial charge in [-0.3, -0.25) is 4.79 Å². The highest BCUT2D eigenvalue weighted by atomic mass is 16.6. The highest BCUT2D eigenvalue weighted by molar-refractivity contribution is 5.77. The van der Waals surface area contributed by atoms with Gasteiger partial charge in [-0.15, -0.1) is 0 Å². The summed E-state index contributed by atoms with van der Waals surface area (Å²) in [4.78, 5) is 31.4. The molecule has 9 nitrogen and oxygen atoms in total. The Morgan fingerprint density at radius 3 is 2.36 bits per heavy atom. The number of carbonyl (C=O) groups is 2. The van der Waals surface area contributed by atoms with Crippen molar-refractivity contribution < 1.29 is 28.3 Å². The van der Waals surface area contributed by atoms with Gasteiger partial charge in [0, 0.05) is 18.7 Å². The van der Waals surface area contributed by atoms with Gasteiger partial charge in [-0.25, -0.2) is 4.79 Å². The third-order valence-electron chi connectivity index (χ3n) is 6.51. The Bertz CT molecular complexity index is 1370. The molecule has 5 rings (SSSR count). The topological polar surface area (TPSA) is 104 Å². The van der Waals surface area contributed by atoms with Crippen molar-refractivity contribution in [2.75, 3.05) is 19.7 Å². The summed E-state index contributed by atoms with van der Waals surface area (Å²) in [7, 11) is 0. The van der Waals surface area contributed by atoms with Gasteiger partial charge < -0.3 is 23.6 Å². The fourth-order valence-corrected chi connectivity index (χ4v) is 4.58. The molecule has 0 spiro atoms. The number of hydrogen-bond acceptors (Lipinski definition) is 8. The third-order valence-corrected chi connectivity index (χ3v) is 6.51. The first-order valence-electron chi connectivity index (χ1n) is 12.9. The second-order valence-electron chi connectivity index (χ2n) is 9.22. The number of nitrogens with zero attached hydrogens (tertiary/aromatic N) is 3. The first-order chi connectivity index (χ1) is 19.1. The van der Waals surface area contributed by atoms with E-state index < -0.39 is 12.0 Å². The van der Waals surface area contributed by atoms with Crippen molar-refractivity contribution in [3.63, 3.8) is 0 Å². The normalized spacial score (nSPS) is 16.6. The van der Waals surface area contributed by atoms with E-state index in [-0.39, 0.29) is 31.6 Å². The van der Waals surface area contributed by atoms with E-state index in [1.807, 2.05) is 60.7 Å². The first-order valence-corrected chi connectivity index (χ1v) is 12.9. The molecule has 1 amide bonds. The standard InChI is InChI=1S/C30H29N3O6/c1-2-36-29(34)26-19-33(30(35)38-25-11-7-4-8-12-25)18-23(26)17-21-13-15-24(16-14-21)37-20-27-31-28(39-32-27)22-9-5-3-6-10-22/h3-16,23,26H,2,17-20H2,1H3/t23-,26+/m1/s1. The Balaban J connectivity index is 1.19. The smallest absolute Gasteiger partial charge is 0.415 e. The third kappa shape index (κ3) is 6.62. The lowest BCUT2D eigenvalue weighted by Gasteiger charge is -2.17. The molecule has 0 unspecified atom stereocenters. The van der Waals surface area contributed by atoms with Crippen LogP contribution in [-0.4, -0.2) is 46.8 Å². The number of rotatable bonds is 9. The number of ether oxygens (including phenoxy) is 3. The molecule has 4 aromatic rings. The Morgan fingerprint density at radius 1 is 0.923 bits per heavy atom. The molecule has 0 aliphatic carbocycles. The van der Waals surface area contributed by atoms with E-state index in [1.165, 1.54) is 0 Å². The van der Waals surface area contributed by atoms with Gasteiger partial charge in [-0.2, -0.15) is 4.98 Å². The Morgan fingerprint density at radius 2 is 1.64 bits per heavy atom.